The number of hydrogen-bond donors (Lipinski definition) is 1. The van der Waals surface area contributed by atoms with E-state index in [0.29, 0.717) is 6.04 Å². The van der Waals surface area contributed by atoms with E-state index in [4.69, 9.17) is 5.11 Å². The Morgan fingerprint density at radius 2 is 2.22 bits per heavy atom. The highest BCUT2D eigenvalue weighted by molar-refractivity contribution is 7.11. The summed E-state index contributed by atoms with van der Waals surface area (Å²) in [5.41, 5.74) is 0.210. The Morgan fingerprint density at radius 1 is 1.50 bits per heavy atom. The maximum absolute atomic E-state index is 11.0. The zero-order chi connectivity index (χ0) is 13.3. The number of aromatic nitrogens is 1. The normalized spacial score (nSPS) is 22.3. The van der Waals surface area contributed by atoms with E-state index in [1.807, 2.05) is 6.92 Å². The molecular weight excluding hydrogens is 250 g/mol. The van der Waals surface area contributed by atoms with Gasteiger partial charge in [-0.2, -0.15) is 0 Å². The van der Waals surface area contributed by atoms with Crippen molar-refractivity contribution in [1.82, 2.24) is 14.8 Å². The molecule has 0 saturated carbocycles. The molecule has 6 heteroatoms. The van der Waals surface area contributed by atoms with Crippen LogP contribution in [0.3, 0.4) is 0 Å². The Labute approximate surface area is 111 Å². The van der Waals surface area contributed by atoms with Crippen LogP contribution in [0.4, 0.5) is 0 Å². The highest BCUT2D eigenvalue weighted by Gasteiger charge is 2.24. The number of likely N-dealkylation sites (N-methyl/N-ethyl adjacent to an activating group) is 2. The molecule has 1 atom stereocenters. The molecule has 2 rings (SSSR count). The van der Waals surface area contributed by atoms with Crippen molar-refractivity contribution in [3.8, 4) is 0 Å². The molecule has 18 heavy (non-hydrogen) atoms. The predicted octanol–water partition coefficient (Wildman–Crippen LogP) is 0.938. The van der Waals surface area contributed by atoms with Gasteiger partial charge in [0.05, 0.1) is 5.01 Å². The third kappa shape index (κ3) is 2.88. The molecule has 0 radical (unpaired) electrons. The first kappa shape index (κ1) is 13.5. The summed E-state index contributed by atoms with van der Waals surface area (Å²) in [5.74, 6) is -0.927. The number of hydrogen-bond acceptors (Lipinski definition) is 5. The summed E-state index contributed by atoms with van der Waals surface area (Å²) in [7, 11) is 4.24. The van der Waals surface area contributed by atoms with Crippen LogP contribution >= 0.6 is 11.3 Å². The lowest BCUT2D eigenvalue weighted by Gasteiger charge is -2.37. The fourth-order valence-electron chi connectivity index (χ4n) is 2.26. The molecule has 0 bridgehead atoms. The van der Waals surface area contributed by atoms with Gasteiger partial charge < -0.3 is 14.9 Å². The van der Waals surface area contributed by atoms with Gasteiger partial charge >= 0.3 is 5.97 Å². The molecule has 1 fully saturated rings. The fraction of sp³-hybridized carbons (Fsp3) is 0.667. The van der Waals surface area contributed by atoms with E-state index >= 15 is 0 Å². The SMILES string of the molecule is Cc1sc(CC2CN(C)CCN2C)nc1C(=O)O. The molecule has 1 aromatic rings. The molecule has 1 aliphatic rings. The third-order valence-corrected chi connectivity index (χ3v) is 4.43. The predicted molar refractivity (Wildman–Crippen MR) is 71.4 cm³/mol. The number of nitrogens with zero attached hydrogens (tertiary/aromatic N) is 3. The lowest BCUT2D eigenvalue weighted by atomic mass is 10.1. The Kier molecular flexibility index (Phi) is 3.99. The topological polar surface area (TPSA) is 56.7 Å². The first-order valence-electron chi connectivity index (χ1n) is 6.05. The van der Waals surface area contributed by atoms with E-state index in [-0.39, 0.29) is 5.69 Å². The molecule has 0 amide bonds. The van der Waals surface area contributed by atoms with E-state index in [1.165, 1.54) is 11.3 Å². The van der Waals surface area contributed by atoms with Crippen LogP contribution in [0.2, 0.25) is 0 Å². The lowest BCUT2D eigenvalue weighted by molar-refractivity contribution is 0.0690. The monoisotopic (exact) mass is 269 g/mol. The molecular formula is C12H19N3O2S. The fourth-order valence-corrected chi connectivity index (χ4v) is 3.26. The standard InChI is InChI=1S/C12H19N3O2S/c1-8-11(12(16)17)13-10(18-8)6-9-7-14(2)4-5-15(9)3/h9H,4-7H2,1-3H3,(H,16,17). The van der Waals surface area contributed by atoms with Crippen molar-refractivity contribution in [2.75, 3.05) is 33.7 Å². The summed E-state index contributed by atoms with van der Waals surface area (Å²) in [4.78, 5) is 20.6. The second-order valence-corrected chi connectivity index (χ2v) is 6.21. The van der Waals surface area contributed by atoms with Gasteiger partial charge in [0.2, 0.25) is 0 Å². The molecule has 1 aliphatic heterocycles. The summed E-state index contributed by atoms with van der Waals surface area (Å²) in [6, 6.07) is 0.427. The molecule has 0 aromatic carbocycles. The van der Waals surface area contributed by atoms with Crippen LogP contribution in [-0.2, 0) is 6.42 Å². The third-order valence-electron chi connectivity index (χ3n) is 3.43. The number of carboxylic acid groups (broad SMARTS) is 1. The first-order valence-corrected chi connectivity index (χ1v) is 6.87. The highest BCUT2D eigenvalue weighted by Crippen LogP contribution is 2.21. The second kappa shape index (κ2) is 5.34. The van der Waals surface area contributed by atoms with Crippen molar-refractivity contribution in [2.24, 2.45) is 0 Å². The van der Waals surface area contributed by atoms with E-state index in [0.717, 1.165) is 35.9 Å². The van der Waals surface area contributed by atoms with E-state index in [1.54, 1.807) is 0 Å². The van der Waals surface area contributed by atoms with Crippen LogP contribution in [0, 0.1) is 6.92 Å². The van der Waals surface area contributed by atoms with Crippen molar-refractivity contribution in [2.45, 2.75) is 19.4 Å². The molecule has 1 unspecified atom stereocenters. The zero-order valence-corrected chi connectivity index (χ0v) is 11.8. The average Bonchev–Trinajstić information content (AvgIpc) is 2.65. The van der Waals surface area contributed by atoms with Crippen LogP contribution in [0.1, 0.15) is 20.4 Å². The van der Waals surface area contributed by atoms with Crippen LogP contribution < -0.4 is 0 Å². The summed E-state index contributed by atoms with van der Waals surface area (Å²) in [6.07, 6.45) is 0.833. The molecule has 1 saturated heterocycles. The second-order valence-electron chi connectivity index (χ2n) is 4.92. The minimum Gasteiger partial charge on any atom is -0.476 e. The molecule has 2 heterocycles. The van der Waals surface area contributed by atoms with Crippen molar-refractivity contribution in [1.29, 1.82) is 0 Å². The van der Waals surface area contributed by atoms with Gasteiger partial charge in [-0.25, -0.2) is 9.78 Å². The van der Waals surface area contributed by atoms with Gasteiger partial charge in [0.1, 0.15) is 0 Å². The van der Waals surface area contributed by atoms with Crippen LogP contribution in [0.5, 0.6) is 0 Å². The van der Waals surface area contributed by atoms with E-state index in [2.05, 4.69) is 28.9 Å². The molecule has 0 spiro atoms. The minimum atomic E-state index is -0.927. The van der Waals surface area contributed by atoms with Crippen molar-refractivity contribution in [3.63, 3.8) is 0 Å². The number of carbonyl (C=O) groups is 1. The number of carboxylic acids is 1. The Hall–Kier alpha value is -0.980. The maximum atomic E-state index is 11.0. The van der Waals surface area contributed by atoms with Crippen LogP contribution in [-0.4, -0.2) is 65.6 Å². The van der Waals surface area contributed by atoms with E-state index < -0.39 is 5.97 Å². The molecule has 0 aliphatic carbocycles. The molecule has 100 valence electrons. The van der Waals surface area contributed by atoms with Gasteiger partial charge in [0.15, 0.2) is 5.69 Å². The lowest BCUT2D eigenvalue weighted by Crippen LogP contribution is -2.50. The zero-order valence-electron chi connectivity index (χ0n) is 11.0. The summed E-state index contributed by atoms with van der Waals surface area (Å²) >= 11 is 1.50. The number of aromatic carboxylic acids is 1. The molecule has 5 nitrogen and oxygen atoms in total. The average molecular weight is 269 g/mol. The van der Waals surface area contributed by atoms with Gasteiger partial charge in [-0.1, -0.05) is 0 Å². The Bertz CT molecular complexity index is 447. The van der Waals surface area contributed by atoms with Crippen LogP contribution in [0.25, 0.3) is 0 Å². The van der Waals surface area contributed by atoms with Gasteiger partial charge in [0.25, 0.3) is 0 Å². The summed E-state index contributed by atoms with van der Waals surface area (Å²) in [5, 5.41) is 9.93. The minimum absolute atomic E-state index is 0.210. The Balaban J connectivity index is 2.08. The van der Waals surface area contributed by atoms with Crippen LogP contribution in [0.15, 0.2) is 0 Å². The first-order chi connectivity index (χ1) is 8.47. The maximum Gasteiger partial charge on any atom is 0.355 e. The highest BCUT2D eigenvalue weighted by atomic mass is 32.1. The molecule has 1 aromatic heterocycles. The number of aryl methyl sites for hydroxylation is 1. The van der Waals surface area contributed by atoms with Crippen molar-refractivity contribution >= 4 is 17.3 Å². The number of piperazine rings is 1. The van der Waals surface area contributed by atoms with E-state index in [9.17, 15) is 4.79 Å². The quantitative estimate of drug-likeness (QED) is 0.885. The van der Waals surface area contributed by atoms with Crippen molar-refractivity contribution < 1.29 is 9.90 Å². The molecule has 1 N–H and O–H groups in total. The number of rotatable bonds is 3. The van der Waals surface area contributed by atoms with Gasteiger partial charge in [-0.15, -0.1) is 11.3 Å². The number of thiazole rings is 1. The van der Waals surface area contributed by atoms with Gasteiger partial charge in [0, 0.05) is 37.0 Å². The largest absolute Gasteiger partial charge is 0.476 e. The van der Waals surface area contributed by atoms with Gasteiger partial charge in [-0.05, 0) is 21.0 Å². The summed E-state index contributed by atoms with van der Waals surface area (Å²) < 4.78 is 0. The summed E-state index contributed by atoms with van der Waals surface area (Å²) in [6.45, 7) is 4.97. The van der Waals surface area contributed by atoms with Crippen molar-refractivity contribution in [3.05, 3.63) is 15.6 Å². The van der Waals surface area contributed by atoms with Gasteiger partial charge in [-0.3, -0.25) is 0 Å². The Morgan fingerprint density at radius 3 is 2.83 bits per heavy atom. The smallest absolute Gasteiger partial charge is 0.355 e.